The van der Waals surface area contributed by atoms with Crippen molar-refractivity contribution in [1.82, 2.24) is 14.5 Å². The van der Waals surface area contributed by atoms with Crippen molar-refractivity contribution in [2.45, 2.75) is 38.9 Å². The van der Waals surface area contributed by atoms with Crippen LogP contribution in [0.5, 0.6) is 11.5 Å². The number of amides is 1. The van der Waals surface area contributed by atoms with Gasteiger partial charge in [-0.3, -0.25) is 4.79 Å². The molecule has 0 unspecified atom stereocenters. The number of carbonyl (C=O) groups excluding carboxylic acids is 1. The minimum absolute atomic E-state index is 0.00312. The second-order valence-corrected chi connectivity index (χ2v) is 8.79. The predicted molar refractivity (Wildman–Crippen MR) is 116 cm³/mol. The van der Waals surface area contributed by atoms with Crippen LogP contribution in [-0.2, 0) is 11.0 Å². The summed E-state index contributed by atoms with van der Waals surface area (Å²) in [5.41, 5.74) is 0.946. The average molecular weight is 459 g/mol. The molecule has 0 spiro atoms. The van der Waals surface area contributed by atoms with E-state index < -0.39 is 11.7 Å². The minimum atomic E-state index is -4.45. The Bertz CT molecular complexity index is 1210. The van der Waals surface area contributed by atoms with Gasteiger partial charge in [0.1, 0.15) is 5.82 Å². The van der Waals surface area contributed by atoms with Crippen molar-refractivity contribution in [2.75, 3.05) is 19.9 Å². The van der Waals surface area contributed by atoms with Crippen LogP contribution in [0.15, 0.2) is 36.4 Å². The molecule has 2 aromatic carbocycles. The number of nitrogens with zero attached hydrogens (tertiary/aromatic N) is 3. The lowest BCUT2D eigenvalue weighted by Gasteiger charge is -2.34. The summed E-state index contributed by atoms with van der Waals surface area (Å²) in [6.45, 7) is 5.10. The fourth-order valence-corrected chi connectivity index (χ4v) is 4.59. The number of carbonyl (C=O) groups is 1. The predicted octanol–water partition coefficient (Wildman–Crippen LogP) is 5.27. The molecule has 1 fully saturated rings. The van der Waals surface area contributed by atoms with Crippen molar-refractivity contribution in [2.24, 2.45) is 5.92 Å². The van der Waals surface area contributed by atoms with E-state index in [2.05, 4.69) is 4.98 Å². The van der Waals surface area contributed by atoms with Crippen LogP contribution < -0.4 is 9.47 Å². The van der Waals surface area contributed by atoms with Gasteiger partial charge in [-0.05, 0) is 49.2 Å². The van der Waals surface area contributed by atoms with E-state index in [1.165, 1.54) is 6.07 Å². The van der Waals surface area contributed by atoms with E-state index in [4.69, 9.17) is 9.47 Å². The van der Waals surface area contributed by atoms with Gasteiger partial charge in [0.05, 0.1) is 16.6 Å². The van der Waals surface area contributed by atoms with Crippen LogP contribution in [0.25, 0.3) is 22.4 Å². The molecule has 0 radical (unpaired) electrons. The summed E-state index contributed by atoms with van der Waals surface area (Å²) in [5, 5.41) is 0. The largest absolute Gasteiger partial charge is 0.454 e. The topological polar surface area (TPSA) is 56.6 Å². The molecule has 0 saturated carbocycles. The van der Waals surface area contributed by atoms with Gasteiger partial charge in [0, 0.05) is 30.6 Å². The summed E-state index contributed by atoms with van der Waals surface area (Å²) in [4.78, 5) is 18.9. The molecule has 0 bridgehead atoms. The number of benzene rings is 2. The highest BCUT2D eigenvalue weighted by Crippen LogP contribution is 2.40. The zero-order chi connectivity index (χ0) is 23.3. The maximum Gasteiger partial charge on any atom is 0.416 e. The average Bonchev–Trinajstić information content (AvgIpc) is 3.41. The molecule has 2 aliphatic heterocycles. The second-order valence-electron chi connectivity index (χ2n) is 8.79. The Morgan fingerprint density at radius 1 is 1.06 bits per heavy atom. The minimum Gasteiger partial charge on any atom is -0.454 e. The number of aromatic nitrogens is 2. The number of hydrogen-bond acceptors (Lipinski definition) is 4. The summed E-state index contributed by atoms with van der Waals surface area (Å²) in [6, 6.07) is 9.12. The Balaban J connectivity index is 1.57. The van der Waals surface area contributed by atoms with E-state index in [0.717, 1.165) is 17.7 Å². The second kappa shape index (κ2) is 7.97. The third-order valence-electron chi connectivity index (χ3n) is 6.28. The summed E-state index contributed by atoms with van der Waals surface area (Å²) < 4.78 is 52.9. The Kier molecular flexibility index (Phi) is 5.22. The van der Waals surface area contributed by atoms with Crippen molar-refractivity contribution in [3.05, 3.63) is 42.0 Å². The first-order valence-corrected chi connectivity index (χ1v) is 11.0. The molecule has 0 aliphatic carbocycles. The molecule has 1 amide bonds. The standard InChI is InChI=1S/C24H24F3N3O3/c1-14(2)23(31)29-9-7-17(8-10-29)30-19-5-4-16(24(25,26)27)12-18(19)28-22(30)15-3-6-20-21(11-15)33-13-32-20/h3-6,11-12,14,17H,7-10,13H2,1-2H3. The van der Waals surface area contributed by atoms with Crippen molar-refractivity contribution in [1.29, 1.82) is 0 Å². The molecule has 3 heterocycles. The van der Waals surface area contributed by atoms with Gasteiger partial charge in [0.15, 0.2) is 11.5 Å². The summed E-state index contributed by atoms with van der Waals surface area (Å²) in [6.07, 6.45) is -3.05. The lowest BCUT2D eigenvalue weighted by atomic mass is 10.0. The smallest absolute Gasteiger partial charge is 0.416 e. The highest BCUT2D eigenvalue weighted by molar-refractivity contribution is 5.82. The summed E-state index contributed by atoms with van der Waals surface area (Å²) in [5.74, 6) is 1.84. The number of piperidine rings is 1. The zero-order valence-corrected chi connectivity index (χ0v) is 18.4. The van der Waals surface area contributed by atoms with Crippen LogP contribution in [0, 0.1) is 5.92 Å². The Labute approximate surface area is 188 Å². The monoisotopic (exact) mass is 459 g/mol. The number of likely N-dealkylation sites (tertiary alicyclic amines) is 1. The van der Waals surface area contributed by atoms with Crippen LogP contribution in [0.3, 0.4) is 0 Å². The van der Waals surface area contributed by atoms with Crippen LogP contribution in [0.4, 0.5) is 13.2 Å². The molecule has 2 aliphatic rings. The van der Waals surface area contributed by atoms with Gasteiger partial charge in [-0.1, -0.05) is 13.8 Å². The van der Waals surface area contributed by atoms with E-state index in [-0.39, 0.29) is 30.2 Å². The normalized spacial score (nSPS) is 16.7. The number of fused-ring (bicyclic) bond motifs is 2. The SMILES string of the molecule is CC(C)C(=O)N1CCC(n2c(-c3ccc4c(c3)OCO4)nc3cc(C(F)(F)F)ccc32)CC1. The van der Waals surface area contributed by atoms with Crippen molar-refractivity contribution in [3.63, 3.8) is 0 Å². The quantitative estimate of drug-likeness (QED) is 0.536. The van der Waals surface area contributed by atoms with Crippen LogP contribution in [0.1, 0.15) is 38.3 Å². The van der Waals surface area contributed by atoms with E-state index >= 15 is 0 Å². The third kappa shape index (κ3) is 3.89. The molecule has 1 saturated heterocycles. The summed E-state index contributed by atoms with van der Waals surface area (Å²) >= 11 is 0. The Morgan fingerprint density at radius 3 is 2.48 bits per heavy atom. The van der Waals surface area contributed by atoms with Gasteiger partial charge < -0.3 is 18.9 Å². The zero-order valence-electron chi connectivity index (χ0n) is 18.4. The molecular weight excluding hydrogens is 435 g/mol. The molecule has 33 heavy (non-hydrogen) atoms. The molecule has 174 valence electrons. The first-order valence-electron chi connectivity index (χ1n) is 11.0. The Hall–Kier alpha value is -3.23. The number of imidazole rings is 1. The van der Waals surface area contributed by atoms with Gasteiger partial charge in [-0.15, -0.1) is 0 Å². The van der Waals surface area contributed by atoms with Gasteiger partial charge >= 0.3 is 6.18 Å². The number of alkyl halides is 3. The highest BCUT2D eigenvalue weighted by Gasteiger charge is 2.33. The van der Waals surface area contributed by atoms with Gasteiger partial charge in [-0.2, -0.15) is 13.2 Å². The third-order valence-corrected chi connectivity index (χ3v) is 6.28. The van der Waals surface area contributed by atoms with E-state index in [1.807, 2.05) is 35.4 Å². The van der Waals surface area contributed by atoms with Crippen LogP contribution in [-0.4, -0.2) is 40.2 Å². The fourth-order valence-electron chi connectivity index (χ4n) is 4.59. The number of halogens is 3. The molecular formula is C24H24F3N3O3. The fraction of sp³-hybridized carbons (Fsp3) is 0.417. The van der Waals surface area contributed by atoms with E-state index in [1.54, 1.807) is 6.07 Å². The first kappa shape index (κ1) is 21.6. The van der Waals surface area contributed by atoms with Gasteiger partial charge in [0.2, 0.25) is 12.7 Å². The van der Waals surface area contributed by atoms with Crippen molar-refractivity contribution >= 4 is 16.9 Å². The number of ether oxygens (including phenoxy) is 2. The molecule has 6 nitrogen and oxygen atoms in total. The lowest BCUT2D eigenvalue weighted by molar-refractivity contribution is -0.137. The molecule has 0 N–H and O–H groups in total. The lowest BCUT2D eigenvalue weighted by Crippen LogP contribution is -2.41. The molecule has 1 aromatic heterocycles. The van der Waals surface area contributed by atoms with Gasteiger partial charge in [-0.25, -0.2) is 4.98 Å². The molecule has 9 heteroatoms. The highest BCUT2D eigenvalue weighted by atomic mass is 19.4. The first-order chi connectivity index (χ1) is 15.7. The Morgan fingerprint density at radius 2 is 1.79 bits per heavy atom. The van der Waals surface area contributed by atoms with Gasteiger partial charge in [0.25, 0.3) is 0 Å². The van der Waals surface area contributed by atoms with Crippen LogP contribution in [0.2, 0.25) is 0 Å². The molecule has 5 rings (SSSR count). The maximum absolute atomic E-state index is 13.3. The van der Waals surface area contributed by atoms with Crippen molar-refractivity contribution < 1.29 is 27.4 Å². The number of hydrogen-bond donors (Lipinski definition) is 0. The number of rotatable bonds is 3. The van der Waals surface area contributed by atoms with Crippen LogP contribution >= 0.6 is 0 Å². The molecule has 0 atom stereocenters. The van der Waals surface area contributed by atoms with Crippen molar-refractivity contribution in [3.8, 4) is 22.9 Å². The maximum atomic E-state index is 13.3. The summed E-state index contributed by atoms with van der Waals surface area (Å²) in [7, 11) is 0. The van der Waals surface area contributed by atoms with E-state index in [0.29, 0.717) is 48.8 Å². The molecule has 3 aromatic rings. The van der Waals surface area contributed by atoms with E-state index in [9.17, 15) is 18.0 Å².